The molecule has 142 valence electrons. The van der Waals surface area contributed by atoms with Gasteiger partial charge in [0.2, 0.25) is 0 Å². The first-order valence-corrected chi connectivity index (χ1v) is 9.29. The minimum Gasteiger partial charge on any atom is -0.331 e. The molecule has 0 radical (unpaired) electrons. The molecule has 1 aromatic heterocycles. The number of rotatable bonds is 6. The number of anilines is 1. The van der Waals surface area contributed by atoms with E-state index < -0.39 is 0 Å². The number of aryl methyl sites for hydroxylation is 1. The van der Waals surface area contributed by atoms with Crippen LogP contribution in [-0.2, 0) is 6.54 Å². The third kappa shape index (κ3) is 5.59. The fourth-order valence-electron chi connectivity index (χ4n) is 2.55. The second kappa shape index (κ2) is 9.57. The minimum atomic E-state index is 0.437. The van der Waals surface area contributed by atoms with Crippen LogP contribution >= 0.6 is 12.2 Å². The van der Waals surface area contributed by atoms with Crippen LogP contribution in [0.5, 0.6) is 0 Å². The van der Waals surface area contributed by atoms with Gasteiger partial charge < -0.3 is 5.32 Å². The van der Waals surface area contributed by atoms with E-state index in [2.05, 4.69) is 58.2 Å². The SMILES string of the molecule is Cc1cccc(NC(=S)N/N=C/C=C/c2cn(Cc3ccccc3)nn2)c1C. The topological polar surface area (TPSA) is 67.1 Å². The maximum absolute atomic E-state index is 5.26. The Bertz CT molecular complexity index is 991. The summed E-state index contributed by atoms with van der Waals surface area (Å²) in [6, 6.07) is 16.2. The van der Waals surface area contributed by atoms with Crippen LogP contribution in [0, 0.1) is 13.8 Å². The molecule has 1 heterocycles. The van der Waals surface area contributed by atoms with Crippen molar-refractivity contribution in [3.63, 3.8) is 0 Å². The molecule has 0 aliphatic carbocycles. The van der Waals surface area contributed by atoms with Gasteiger partial charge in [0.25, 0.3) is 0 Å². The Morgan fingerprint density at radius 1 is 1.14 bits per heavy atom. The molecule has 0 unspecified atom stereocenters. The van der Waals surface area contributed by atoms with Gasteiger partial charge in [-0.3, -0.25) is 5.43 Å². The molecule has 0 bridgehead atoms. The lowest BCUT2D eigenvalue weighted by molar-refractivity contribution is 0.649. The smallest absolute Gasteiger partial charge is 0.191 e. The molecule has 0 aliphatic rings. The predicted molar refractivity (Wildman–Crippen MR) is 118 cm³/mol. The van der Waals surface area contributed by atoms with Gasteiger partial charge in [-0.05, 0) is 61.0 Å². The van der Waals surface area contributed by atoms with Crippen molar-refractivity contribution in [1.29, 1.82) is 0 Å². The summed E-state index contributed by atoms with van der Waals surface area (Å²) in [4.78, 5) is 0. The van der Waals surface area contributed by atoms with E-state index in [9.17, 15) is 0 Å². The number of hydrazone groups is 1. The molecule has 0 fully saturated rings. The first-order chi connectivity index (χ1) is 13.6. The van der Waals surface area contributed by atoms with Crippen molar-refractivity contribution >= 4 is 35.3 Å². The van der Waals surface area contributed by atoms with Crippen molar-refractivity contribution in [3.05, 3.63) is 83.2 Å². The van der Waals surface area contributed by atoms with Gasteiger partial charge >= 0.3 is 0 Å². The molecule has 0 spiro atoms. The molecular weight excluding hydrogens is 368 g/mol. The Labute approximate surface area is 170 Å². The maximum Gasteiger partial charge on any atom is 0.191 e. The molecule has 7 heteroatoms. The van der Waals surface area contributed by atoms with E-state index in [1.165, 1.54) is 11.1 Å². The summed E-state index contributed by atoms with van der Waals surface area (Å²) in [5.41, 5.74) is 8.08. The quantitative estimate of drug-likeness (QED) is 0.379. The van der Waals surface area contributed by atoms with E-state index in [1.807, 2.05) is 42.6 Å². The van der Waals surface area contributed by atoms with Crippen LogP contribution in [0.15, 0.2) is 65.9 Å². The van der Waals surface area contributed by atoms with E-state index in [1.54, 1.807) is 17.0 Å². The molecule has 6 nitrogen and oxygen atoms in total. The van der Waals surface area contributed by atoms with Crippen LogP contribution in [0.25, 0.3) is 6.08 Å². The molecule has 0 saturated carbocycles. The Morgan fingerprint density at radius 2 is 1.96 bits per heavy atom. The highest BCUT2D eigenvalue weighted by molar-refractivity contribution is 7.80. The Balaban J connectivity index is 1.47. The molecule has 0 saturated heterocycles. The third-order valence-electron chi connectivity index (χ3n) is 4.19. The van der Waals surface area contributed by atoms with Crippen LogP contribution in [0.2, 0.25) is 0 Å². The fourth-order valence-corrected chi connectivity index (χ4v) is 2.72. The number of thiocarbonyl (C=S) groups is 1. The first-order valence-electron chi connectivity index (χ1n) is 8.89. The monoisotopic (exact) mass is 390 g/mol. The molecule has 3 aromatic rings. The second-order valence-electron chi connectivity index (χ2n) is 6.28. The minimum absolute atomic E-state index is 0.437. The average molecular weight is 391 g/mol. The number of allylic oxidation sites excluding steroid dienone is 1. The Kier molecular flexibility index (Phi) is 6.64. The zero-order valence-electron chi connectivity index (χ0n) is 15.8. The summed E-state index contributed by atoms with van der Waals surface area (Å²) >= 11 is 5.26. The highest BCUT2D eigenvalue weighted by atomic mass is 32.1. The zero-order chi connectivity index (χ0) is 19.8. The Morgan fingerprint density at radius 3 is 2.79 bits per heavy atom. The van der Waals surface area contributed by atoms with Crippen LogP contribution in [0.4, 0.5) is 5.69 Å². The van der Waals surface area contributed by atoms with Gasteiger partial charge in [0, 0.05) is 11.9 Å². The van der Waals surface area contributed by atoms with E-state index in [-0.39, 0.29) is 0 Å². The van der Waals surface area contributed by atoms with Crippen molar-refractivity contribution in [2.75, 3.05) is 5.32 Å². The molecule has 0 amide bonds. The number of benzene rings is 2. The van der Waals surface area contributed by atoms with Crippen molar-refractivity contribution in [2.24, 2.45) is 5.10 Å². The summed E-state index contributed by atoms with van der Waals surface area (Å²) in [7, 11) is 0. The van der Waals surface area contributed by atoms with E-state index in [4.69, 9.17) is 12.2 Å². The van der Waals surface area contributed by atoms with Gasteiger partial charge in [0.1, 0.15) is 5.69 Å². The van der Waals surface area contributed by atoms with Crippen molar-refractivity contribution in [2.45, 2.75) is 20.4 Å². The fraction of sp³-hybridized carbons (Fsp3) is 0.143. The standard InChI is InChI=1S/C21H22N6S/c1-16-8-6-12-20(17(16)2)23-21(28)25-22-13-7-11-19-15-27(26-24-19)14-18-9-4-3-5-10-18/h3-13,15H,14H2,1-2H3,(H2,23,25,28)/b11-7+,22-13+. The molecule has 0 aliphatic heterocycles. The lowest BCUT2D eigenvalue weighted by Crippen LogP contribution is -2.24. The lowest BCUT2D eigenvalue weighted by atomic mass is 10.1. The van der Waals surface area contributed by atoms with E-state index >= 15 is 0 Å². The second-order valence-corrected chi connectivity index (χ2v) is 6.69. The summed E-state index contributed by atoms with van der Waals surface area (Å²) in [6.45, 7) is 4.81. The van der Waals surface area contributed by atoms with Crippen LogP contribution in [0.1, 0.15) is 22.4 Å². The molecule has 2 aromatic carbocycles. The van der Waals surface area contributed by atoms with Crippen LogP contribution in [0.3, 0.4) is 0 Å². The van der Waals surface area contributed by atoms with Gasteiger partial charge in [-0.15, -0.1) is 5.10 Å². The summed E-state index contributed by atoms with van der Waals surface area (Å²) in [5, 5.41) is 15.9. The maximum atomic E-state index is 5.26. The number of hydrogen-bond acceptors (Lipinski definition) is 4. The van der Waals surface area contributed by atoms with Gasteiger partial charge in [0.15, 0.2) is 5.11 Å². The number of hydrogen-bond donors (Lipinski definition) is 2. The molecule has 0 atom stereocenters. The lowest BCUT2D eigenvalue weighted by Gasteiger charge is -2.11. The van der Waals surface area contributed by atoms with Crippen molar-refractivity contribution < 1.29 is 0 Å². The molecule has 3 rings (SSSR count). The molecule has 2 N–H and O–H groups in total. The van der Waals surface area contributed by atoms with E-state index in [0.29, 0.717) is 11.7 Å². The van der Waals surface area contributed by atoms with Crippen molar-refractivity contribution in [1.82, 2.24) is 20.4 Å². The third-order valence-corrected chi connectivity index (χ3v) is 4.38. The highest BCUT2D eigenvalue weighted by Crippen LogP contribution is 2.17. The number of nitrogens with zero attached hydrogens (tertiary/aromatic N) is 4. The summed E-state index contributed by atoms with van der Waals surface area (Å²) in [5.74, 6) is 0. The number of nitrogens with one attached hydrogen (secondary N) is 2. The van der Waals surface area contributed by atoms with Crippen molar-refractivity contribution in [3.8, 4) is 0 Å². The highest BCUT2D eigenvalue weighted by Gasteiger charge is 2.02. The van der Waals surface area contributed by atoms with Gasteiger partial charge in [0.05, 0.1) is 12.7 Å². The number of aromatic nitrogens is 3. The summed E-state index contributed by atoms with van der Waals surface area (Å²) < 4.78 is 1.80. The molecular formula is C21H22N6S. The summed E-state index contributed by atoms with van der Waals surface area (Å²) in [6.07, 6.45) is 7.12. The Hall–Kier alpha value is -3.32. The normalized spacial score (nSPS) is 11.2. The zero-order valence-corrected chi connectivity index (χ0v) is 16.6. The molecule has 28 heavy (non-hydrogen) atoms. The first kappa shape index (κ1) is 19.4. The van der Waals surface area contributed by atoms with Gasteiger partial charge in [-0.25, -0.2) is 4.68 Å². The van der Waals surface area contributed by atoms with E-state index in [0.717, 1.165) is 16.9 Å². The van der Waals surface area contributed by atoms with Gasteiger partial charge in [-0.2, -0.15) is 5.10 Å². The average Bonchev–Trinajstić information content (AvgIpc) is 3.13. The van der Waals surface area contributed by atoms with Gasteiger partial charge in [-0.1, -0.05) is 47.7 Å². The van der Waals surface area contributed by atoms with Crippen LogP contribution < -0.4 is 10.7 Å². The largest absolute Gasteiger partial charge is 0.331 e. The van der Waals surface area contributed by atoms with Crippen LogP contribution in [-0.4, -0.2) is 26.3 Å². The predicted octanol–water partition coefficient (Wildman–Crippen LogP) is 3.93.